The highest BCUT2D eigenvalue weighted by atomic mass is 35.5. The number of halogens is 1. The van der Waals surface area contributed by atoms with Gasteiger partial charge in [-0.05, 0) is 12.8 Å². The fraction of sp³-hybridized carbons (Fsp3) is 0.706. The smallest absolute Gasteiger partial charge is 0.228 e. The second-order valence-corrected chi connectivity index (χ2v) is 7.05. The molecule has 3 N–H and O–H groups in total. The number of nitrogens with zero attached hydrogens (tertiary/aromatic N) is 3. The molecule has 3 rings (SSSR count). The van der Waals surface area contributed by atoms with Crippen LogP contribution in [-0.4, -0.2) is 63.3 Å². The average Bonchev–Trinajstić information content (AvgIpc) is 3.08. The molecule has 2 heterocycles. The van der Waals surface area contributed by atoms with E-state index in [9.17, 15) is 9.59 Å². The van der Waals surface area contributed by atoms with E-state index in [1.54, 1.807) is 12.5 Å². The van der Waals surface area contributed by atoms with Crippen LogP contribution in [0.1, 0.15) is 44.2 Å². The van der Waals surface area contributed by atoms with E-state index in [4.69, 9.17) is 5.73 Å². The normalized spacial score (nSPS) is 20.7. The number of primary amides is 1. The van der Waals surface area contributed by atoms with Gasteiger partial charge in [0.15, 0.2) is 0 Å². The number of carbonyl (C=O) groups excluding carboxylic acids is 2. The fourth-order valence-corrected chi connectivity index (χ4v) is 4.23. The number of hydrogen-bond acceptors (Lipinski definition) is 4. The van der Waals surface area contributed by atoms with Gasteiger partial charge in [-0.15, -0.1) is 12.4 Å². The molecule has 0 radical (unpaired) electrons. The van der Waals surface area contributed by atoms with Gasteiger partial charge in [0.2, 0.25) is 11.8 Å². The number of hydrogen-bond donors (Lipinski definition) is 2. The molecule has 0 unspecified atom stereocenters. The molecular formula is C17H28ClN5O2. The van der Waals surface area contributed by atoms with Crippen LogP contribution in [0.2, 0.25) is 0 Å². The Balaban J connectivity index is 0.00000225. The quantitative estimate of drug-likeness (QED) is 0.812. The maximum absolute atomic E-state index is 12.4. The third kappa shape index (κ3) is 4.73. The number of nitrogens with two attached hydrogens (primary N) is 1. The molecule has 0 aromatic carbocycles. The predicted octanol–water partition coefficient (Wildman–Crippen LogP) is 1.10. The largest absolute Gasteiger partial charge is 0.370 e. The number of carbonyl (C=O) groups is 2. The van der Waals surface area contributed by atoms with Crippen molar-refractivity contribution in [2.24, 2.45) is 5.73 Å². The van der Waals surface area contributed by atoms with Crippen molar-refractivity contribution in [1.29, 1.82) is 0 Å². The van der Waals surface area contributed by atoms with Crippen molar-refractivity contribution >= 4 is 24.2 Å². The number of imidazole rings is 1. The predicted molar refractivity (Wildman–Crippen MR) is 97.3 cm³/mol. The molecule has 8 heteroatoms. The molecule has 1 aromatic heterocycles. The summed E-state index contributed by atoms with van der Waals surface area (Å²) in [5.41, 5.74) is 6.29. The Morgan fingerprint density at radius 2 is 1.84 bits per heavy atom. The Bertz CT molecular complexity index is 564. The Hall–Kier alpha value is -1.60. The van der Waals surface area contributed by atoms with Crippen molar-refractivity contribution < 1.29 is 9.59 Å². The molecule has 1 saturated heterocycles. The highest BCUT2D eigenvalue weighted by Gasteiger charge is 2.40. The van der Waals surface area contributed by atoms with Crippen LogP contribution in [-0.2, 0) is 16.0 Å². The van der Waals surface area contributed by atoms with Crippen LogP contribution >= 0.6 is 12.4 Å². The van der Waals surface area contributed by atoms with E-state index >= 15 is 0 Å². The molecule has 0 atom stereocenters. The summed E-state index contributed by atoms with van der Waals surface area (Å²) in [7, 11) is 0. The molecule has 1 aromatic rings. The summed E-state index contributed by atoms with van der Waals surface area (Å²) in [6.07, 6.45) is 9.73. The molecule has 1 saturated carbocycles. The molecule has 1 aliphatic carbocycles. The van der Waals surface area contributed by atoms with Crippen molar-refractivity contribution in [2.75, 3.05) is 26.2 Å². The lowest BCUT2D eigenvalue weighted by atomic mass is 9.77. The van der Waals surface area contributed by atoms with Crippen molar-refractivity contribution in [3.8, 4) is 0 Å². The Kier molecular flexibility index (Phi) is 6.84. The Morgan fingerprint density at radius 3 is 2.40 bits per heavy atom. The van der Waals surface area contributed by atoms with Gasteiger partial charge in [0.25, 0.3) is 0 Å². The lowest BCUT2D eigenvalue weighted by Gasteiger charge is -2.49. The summed E-state index contributed by atoms with van der Waals surface area (Å²) in [5, 5.41) is 0. The Labute approximate surface area is 154 Å². The first-order chi connectivity index (χ1) is 11.6. The summed E-state index contributed by atoms with van der Waals surface area (Å²) in [6.45, 7) is 3.07. The number of H-pyrrole nitrogens is 1. The van der Waals surface area contributed by atoms with Crippen LogP contribution in [0.15, 0.2) is 12.5 Å². The monoisotopic (exact) mass is 369 g/mol. The van der Waals surface area contributed by atoms with Gasteiger partial charge in [0.1, 0.15) is 0 Å². The van der Waals surface area contributed by atoms with E-state index in [2.05, 4.69) is 14.9 Å². The molecule has 0 bridgehead atoms. The van der Waals surface area contributed by atoms with Crippen LogP contribution in [0.5, 0.6) is 0 Å². The van der Waals surface area contributed by atoms with Gasteiger partial charge in [-0.2, -0.15) is 0 Å². The fourth-order valence-electron chi connectivity index (χ4n) is 4.23. The van der Waals surface area contributed by atoms with Gasteiger partial charge in [-0.1, -0.05) is 19.3 Å². The van der Waals surface area contributed by atoms with Gasteiger partial charge in [-0.25, -0.2) is 4.98 Å². The molecule has 140 valence electrons. The van der Waals surface area contributed by atoms with Crippen LogP contribution in [0.3, 0.4) is 0 Å². The van der Waals surface area contributed by atoms with Crippen molar-refractivity contribution in [2.45, 2.75) is 50.5 Å². The highest BCUT2D eigenvalue weighted by Crippen LogP contribution is 2.37. The summed E-state index contributed by atoms with van der Waals surface area (Å²) in [5.74, 6) is -0.0823. The first-order valence-electron chi connectivity index (χ1n) is 8.87. The van der Waals surface area contributed by atoms with E-state index in [0.717, 1.165) is 44.5 Å². The second kappa shape index (κ2) is 8.67. The molecule has 7 nitrogen and oxygen atoms in total. The number of piperazine rings is 1. The topological polar surface area (TPSA) is 95.3 Å². The third-order valence-corrected chi connectivity index (χ3v) is 5.49. The average molecular weight is 370 g/mol. The number of amides is 2. The molecule has 0 spiro atoms. The van der Waals surface area contributed by atoms with E-state index in [-0.39, 0.29) is 29.8 Å². The second-order valence-electron chi connectivity index (χ2n) is 7.05. The molecule has 1 aliphatic heterocycles. The van der Waals surface area contributed by atoms with Crippen LogP contribution in [0, 0.1) is 0 Å². The molecule has 2 amide bonds. The lowest BCUT2D eigenvalue weighted by Crippen LogP contribution is -2.59. The van der Waals surface area contributed by atoms with Gasteiger partial charge >= 0.3 is 0 Å². The minimum atomic E-state index is -0.213. The van der Waals surface area contributed by atoms with Crippen LogP contribution in [0.25, 0.3) is 0 Å². The van der Waals surface area contributed by atoms with Crippen molar-refractivity contribution in [3.05, 3.63) is 18.2 Å². The highest BCUT2D eigenvalue weighted by molar-refractivity contribution is 5.85. The third-order valence-electron chi connectivity index (χ3n) is 5.49. The van der Waals surface area contributed by atoms with Crippen molar-refractivity contribution in [3.63, 3.8) is 0 Å². The van der Waals surface area contributed by atoms with Gasteiger partial charge in [0, 0.05) is 50.0 Å². The number of rotatable bonds is 5. The van der Waals surface area contributed by atoms with Gasteiger partial charge in [-0.3, -0.25) is 14.5 Å². The molecule has 25 heavy (non-hydrogen) atoms. The molecule has 2 fully saturated rings. The van der Waals surface area contributed by atoms with E-state index in [0.29, 0.717) is 25.9 Å². The maximum atomic E-state index is 12.4. The van der Waals surface area contributed by atoms with E-state index in [1.165, 1.54) is 6.42 Å². The summed E-state index contributed by atoms with van der Waals surface area (Å²) >= 11 is 0. The zero-order valence-corrected chi connectivity index (χ0v) is 15.4. The first kappa shape index (κ1) is 19.7. The van der Waals surface area contributed by atoms with Crippen molar-refractivity contribution in [1.82, 2.24) is 19.8 Å². The first-order valence-corrected chi connectivity index (χ1v) is 8.87. The Morgan fingerprint density at radius 1 is 1.16 bits per heavy atom. The zero-order chi connectivity index (χ0) is 17.0. The minimum Gasteiger partial charge on any atom is -0.370 e. The zero-order valence-electron chi connectivity index (χ0n) is 14.6. The van der Waals surface area contributed by atoms with Gasteiger partial charge < -0.3 is 15.6 Å². The number of nitrogens with one attached hydrogen (secondary N) is 1. The summed E-state index contributed by atoms with van der Waals surface area (Å²) in [4.78, 5) is 35.2. The van der Waals surface area contributed by atoms with Crippen LogP contribution in [0.4, 0.5) is 0 Å². The minimum absolute atomic E-state index is 0. The number of aromatic amines is 1. The number of aromatic nitrogens is 2. The van der Waals surface area contributed by atoms with E-state index < -0.39 is 0 Å². The SMILES string of the molecule is Cl.NC(=O)CC1(N2CCN(C(=O)Cc3cnc[nH]3)CC2)CCCCC1. The van der Waals surface area contributed by atoms with Gasteiger partial charge in [0.05, 0.1) is 12.7 Å². The molecule has 2 aliphatic rings. The maximum Gasteiger partial charge on any atom is 0.228 e. The standard InChI is InChI=1S/C17H27N5O2.ClH/c18-15(23)11-17(4-2-1-3-5-17)22-8-6-21(7-9-22)16(24)10-14-12-19-13-20-14;/h12-13H,1-11H2,(H2,18,23)(H,19,20);1H. The molecular weight excluding hydrogens is 342 g/mol. The van der Waals surface area contributed by atoms with E-state index in [1.807, 2.05) is 4.90 Å². The lowest BCUT2D eigenvalue weighted by molar-refractivity contribution is -0.135. The van der Waals surface area contributed by atoms with Crippen LogP contribution < -0.4 is 5.73 Å². The summed E-state index contributed by atoms with van der Waals surface area (Å²) in [6, 6.07) is 0. The summed E-state index contributed by atoms with van der Waals surface area (Å²) < 4.78 is 0.